The standard InChI is InChI=1S/C13H15N3O3S2/c1-4-8-15-6(2)11(21-8)12(17)14-5-9-16-10(13(18)19)7(3)20-9/h4-5H2,1-3H3,(H,14,17)(H,18,19). The smallest absolute Gasteiger partial charge is 0.355 e. The van der Waals surface area contributed by atoms with Crippen LogP contribution in [0.25, 0.3) is 0 Å². The second kappa shape index (κ2) is 6.31. The SMILES string of the molecule is CCc1nc(C)c(C(=O)NCc2nc(C(=O)O)c(C)s2)s1. The Balaban J connectivity index is 2.05. The van der Waals surface area contributed by atoms with E-state index in [0.29, 0.717) is 14.8 Å². The lowest BCUT2D eigenvalue weighted by Crippen LogP contribution is -2.22. The number of carbonyl (C=O) groups is 2. The Hall–Kier alpha value is -1.80. The van der Waals surface area contributed by atoms with Crippen molar-refractivity contribution in [2.45, 2.75) is 33.7 Å². The number of aryl methyl sites for hydroxylation is 3. The van der Waals surface area contributed by atoms with Gasteiger partial charge in [-0.15, -0.1) is 22.7 Å². The minimum Gasteiger partial charge on any atom is -0.476 e. The van der Waals surface area contributed by atoms with Gasteiger partial charge in [-0.2, -0.15) is 0 Å². The third-order valence-electron chi connectivity index (χ3n) is 2.79. The Morgan fingerprint density at radius 1 is 1.19 bits per heavy atom. The van der Waals surface area contributed by atoms with Crippen molar-refractivity contribution in [1.29, 1.82) is 0 Å². The van der Waals surface area contributed by atoms with Crippen LogP contribution in [0.15, 0.2) is 0 Å². The van der Waals surface area contributed by atoms with Gasteiger partial charge < -0.3 is 10.4 Å². The van der Waals surface area contributed by atoms with Crippen molar-refractivity contribution in [2.75, 3.05) is 0 Å². The molecule has 2 aromatic heterocycles. The number of carboxylic acid groups (broad SMARTS) is 1. The van der Waals surface area contributed by atoms with Crippen LogP contribution in [-0.2, 0) is 13.0 Å². The summed E-state index contributed by atoms with van der Waals surface area (Å²) in [4.78, 5) is 32.6. The zero-order valence-corrected chi connectivity index (χ0v) is 13.5. The summed E-state index contributed by atoms with van der Waals surface area (Å²) in [6.45, 7) is 5.72. The maximum Gasteiger partial charge on any atom is 0.355 e. The van der Waals surface area contributed by atoms with E-state index in [9.17, 15) is 9.59 Å². The van der Waals surface area contributed by atoms with Crippen LogP contribution in [0.3, 0.4) is 0 Å². The van der Waals surface area contributed by atoms with E-state index >= 15 is 0 Å². The molecule has 21 heavy (non-hydrogen) atoms. The summed E-state index contributed by atoms with van der Waals surface area (Å²) < 4.78 is 0. The first-order chi connectivity index (χ1) is 9.92. The molecule has 0 aromatic carbocycles. The Bertz CT molecular complexity index is 691. The number of nitrogens with one attached hydrogen (secondary N) is 1. The molecule has 0 saturated heterocycles. The number of hydrogen-bond donors (Lipinski definition) is 2. The number of hydrogen-bond acceptors (Lipinski definition) is 6. The van der Waals surface area contributed by atoms with Gasteiger partial charge >= 0.3 is 5.97 Å². The first kappa shape index (κ1) is 15.6. The molecule has 0 aliphatic heterocycles. The van der Waals surface area contributed by atoms with Crippen LogP contribution in [0, 0.1) is 13.8 Å². The number of aromatic nitrogens is 2. The predicted molar refractivity (Wildman–Crippen MR) is 81.2 cm³/mol. The number of carbonyl (C=O) groups excluding carboxylic acids is 1. The van der Waals surface area contributed by atoms with Crippen molar-refractivity contribution in [3.63, 3.8) is 0 Å². The molecule has 112 valence electrons. The molecule has 2 N–H and O–H groups in total. The highest BCUT2D eigenvalue weighted by atomic mass is 32.1. The number of amides is 1. The normalized spacial score (nSPS) is 10.6. The van der Waals surface area contributed by atoms with E-state index in [1.54, 1.807) is 13.8 Å². The van der Waals surface area contributed by atoms with Crippen LogP contribution in [-0.4, -0.2) is 27.0 Å². The second-order valence-corrected chi connectivity index (χ2v) is 6.75. The van der Waals surface area contributed by atoms with E-state index in [1.165, 1.54) is 22.7 Å². The molecule has 1 amide bonds. The monoisotopic (exact) mass is 325 g/mol. The van der Waals surface area contributed by atoms with E-state index in [4.69, 9.17) is 5.11 Å². The van der Waals surface area contributed by atoms with Gasteiger partial charge in [0, 0.05) is 4.88 Å². The number of carboxylic acids is 1. The summed E-state index contributed by atoms with van der Waals surface area (Å²) in [6.07, 6.45) is 0.798. The lowest BCUT2D eigenvalue weighted by molar-refractivity contribution is 0.0690. The van der Waals surface area contributed by atoms with Gasteiger partial charge in [0.1, 0.15) is 9.88 Å². The zero-order chi connectivity index (χ0) is 15.6. The van der Waals surface area contributed by atoms with Gasteiger partial charge in [0.15, 0.2) is 5.69 Å². The molecule has 0 bridgehead atoms. The van der Waals surface area contributed by atoms with E-state index in [0.717, 1.165) is 17.1 Å². The molecule has 0 unspecified atom stereocenters. The molecule has 0 radical (unpaired) electrons. The Morgan fingerprint density at radius 3 is 2.43 bits per heavy atom. The molecule has 0 aliphatic rings. The van der Waals surface area contributed by atoms with Crippen LogP contribution in [0.4, 0.5) is 0 Å². The largest absolute Gasteiger partial charge is 0.476 e. The van der Waals surface area contributed by atoms with Crippen molar-refractivity contribution in [3.8, 4) is 0 Å². The summed E-state index contributed by atoms with van der Waals surface area (Å²) in [7, 11) is 0. The van der Waals surface area contributed by atoms with E-state index in [-0.39, 0.29) is 18.1 Å². The number of nitrogens with zero attached hydrogens (tertiary/aromatic N) is 2. The summed E-state index contributed by atoms with van der Waals surface area (Å²) in [6, 6.07) is 0. The molecule has 6 nitrogen and oxygen atoms in total. The van der Waals surface area contributed by atoms with E-state index in [1.807, 2.05) is 6.92 Å². The summed E-state index contributed by atoms with van der Waals surface area (Å²) in [5.41, 5.74) is 0.766. The average Bonchev–Trinajstić information content (AvgIpc) is 2.99. The quantitative estimate of drug-likeness (QED) is 0.880. The van der Waals surface area contributed by atoms with Crippen molar-refractivity contribution in [3.05, 3.63) is 31.2 Å². The van der Waals surface area contributed by atoms with Gasteiger partial charge in [0.05, 0.1) is 17.2 Å². The molecule has 2 rings (SSSR count). The Labute approximate surface area is 129 Å². The number of aromatic carboxylic acids is 1. The number of rotatable bonds is 5. The van der Waals surface area contributed by atoms with Crippen LogP contribution in [0.1, 0.15) is 47.7 Å². The molecule has 0 saturated carbocycles. The minimum absolute atomic E-state index is 0.0477. The van der Waals surface area contributed by atoms with Gasteiger partial charge in [0.25, 0.3) is 5.91 Å². The van der Waals surface area contributed by atoms with Crippen LogP contribution in [0.2, 0.25) is 0 Å². The fourth-order valence-electron chi connectivity index (χ4n) is 1.78. The van der Waals surface area contributed by atoms with Gasteiger partial charge in [-0.05, 0) is 20.3 Å². The highest BCUT2D eigenvalue weighted by Crippen LogP contribution is 2.20. The van der Waals surface area contributed by atoms with Gasteiger partial charge in [-0.1, -0.05) is 6.92 Å². The topological polar surface area (TPSA) is 92.2 Å². The number of thiazole rings is 2. The summed E-state index contributed by atoms with van der Waals surface area (Å²) >= 11 is 2.66. The zero-order valence-electron chi connectivity index (χ0n) is 11.9. The van der Waals surface area contributed by atoms with Crippen LogP contribution < -0.4 is 5.32 Å². The third kappa shape index (κ3) is 3.45. The minimum atomic E-state index is -1.05. The molecular formula is C13H15N3O3S2. The third-order valence-corrected chi connectivity index (χ3v) is 5.06. The maximum absolute atomic E-state index is 12.1. The van der Waals surface area contributed by atoms with Crippen molar-refractivity contribution < 1.29 is 14.7 Å². The van der Waals surface area contributed by atoms with Gasteiger partial charge in [0.2, 0.25) is 0 Å². The van der Waals surface area contributed by atoms with E-state index < -0.39 is 5.97 Å². The lowest BCUT2D eigenvalue weighted by atomic mass is 10.3. The molecule has 0 fully saturated rings. The highest BCUT2D eigenvalue weighted by molar-refractivity contribution is 7.13. The average molecular weight is 325 g/mol. The molecule has 0 atom stereocenters. The fraction of sp³-hybridized carbons (Fsp3) is 0.385. The molecule has 2 heterocycles. The molecular weight excluding hydrogens is 310 g/mol. The van der Waals surface area contributed by atoms with Gasteiger partial charge in [-0.25, -0.2) is 14.8 Å². The Morgan fingerprint density at radius 2 is 1.90 bits per heavy atom. The predicted octanol–water partition coefficient (Wildman–Crippen LogP) is 2.41. The first-order valence-corrected chi connectivity index (χ1v) is 7.99. The van der Waals surface area contributed by atoms with E-state index in [2.05, 4.69) is 15.3 Å². The molecule has 8 heteroatoms. The van der Waals surface area contributed by atoms with Crippen molar-refractivity contribution in [2.24, 2.45) is 0 Å². The maximum atomic E-state index is 12.1. The Kier molecular flexibility index (Phi) is 4.69. The van der Waals surface area contributed by atoms with Crippen LogP contribution >= 0.6 is 22.7 Å². The molecule has 2 aromatic rings. The van der Waals surface area contributed by atoms with Crippen LogP contribution in [0.5, 0.6) is 0 Å². The molecule has 0 spiro atoms. The molecule has 0 aliphatic carbocycles. The highest BCUT2D eigenvalue weighted by Gasteiger charge is 2.17. The first-order valence-electron chi connectivity index (χ1n) is 6.36. The summed E-state index contributed by atoms with van der Waals surface area (Å²) in [5.74, 6) is -1.25. The van der Waals surface area contributed by atoms with Crippen molar-refractivity contribution in [1.82, 2.24) is 15.3 Å². The summed E-state index contributed by atoms with van der Waals surface area (Å²) in [5, 5.41) is 13.2. The van der Waals surface area contributed by atoms with Crippen molar-refractivity contribution >= 4 is 34.6 Å². The lowest BCUT2D eigenvalue weighted by Gasteiger charge is -2.00. The fourth-order valence-corrected chi connectivity index (χ4v) is 3.56. The van der Waals surface area contributed by atoms with Gasteiger partial charge in [-0.3, -0.25) is 4.79 Å². The second-order valence-electron chi connectivity index (χ2n) is 4.38.